The molecule has 0 aromatic heterocycles. The van der Waals surface area contributed by atoms with E-state index in [0.717, 1.165) is 18.4 Å². The molecular formula is C36H44ClN3O4S. The lowest BCUT2D eigenvalue weighted by molar-refractivity contribution is -0.146. The molecule has 8 atom stereocenters. The predicted molar refractivity (Wildman–Crippen MR) is 182 cm³/mol. The summed E-state index contributed by atoms with van der Waals surface area (Å²) in [6.07, 6.45) is 4.84. The van der Waals surface area contributed by atoms with Crippen molar-refractivity contribution in [1.29, 1.82) is 0 Å². The van der Waals surface area contributed by atoms with Crippen LogP contribution in [0.1, 0.15) is 39.2 Å². The van der Waals surface area contributed by atoms with Crippen molar-refractivity contribution in [3.8, 4) is 0 Å². The molecule has 3 amide bonds. The lowest BCUT2D eigenvalue weighted by Gasteiger charge is -2.43. The van der Waals surface area contributed by atoms with Crippen LogP contribution in [0.2, 0.25) is 5.02 Å². The van der Waals surface area contributed by atoms with Crippen LogP contribution in [-0.2, 0) is 20.9 Å². The zero-order chi connectivity index (χ0) is 32.5. The van der Waals surface area contributed by atoms with Gasteiger partial charge in [-0.1, -0.05) is 81.3 Å². The van der Waals surface area contributed by atoms with E-state index < -0.39 is 28.7 Å². The van der Waals surface area contributed by atoms with E-state index >= 15 is 0 Å². The SMILES string of the molecule is C=CCN(Cc1ccccc1)C(=O)[C@@H]1[C@@H]2CC(C)C3(S2)C(C(=O)N(CC=C)c2ccc(Cl)cc2)N([C@@H](CO)[C@@H](C)CC)C(=O)[C@H]13. The molecule has 0 aliphatic carbocycles. The minimum atomic E-state index is -0.860. The third-order valence-electron chi connectivity index (χ3n) is 10.1. The molecule has 2 aromatic rings. The lowest BCUT2D eigenvalue weighted by Crippen LogP contribution is -2.60. The number of thioether (sulfide) groups is 1. The molecule has 3 aliphatic heterocycles. The summed E-state index contributed by atoms with van der Waals surface area (Å²) < 4.78 is -0.821. The fraction of sp³-hybridized carbons (Fsp3) is 0.472. The van der Waals surface area contributed by atoms with Gasteiger partial charge in [-0.05, 0) is 48.1 Å². The third-order valence-corrected chi connectivity index (χ3v) is 12.5. The molecule has 3 saturated heterocycles. The Hall–Kier alpha value is -3.07. The predicted octanol–water partition coefficient (Wildman–Crippen LogP) is 5.82. The van der Waals surface area contributed by atoms with Crippen LogP contribution in [0.15, 0.2) is 79.9 Å². The van der Waals surface area contributed by atoms with Crippen molar-refractivity contribution in [3.05, 3.63) is 90.5 Å². The van der Waals surface area contributed by atoms with Crippen molar-refractivity contribution >= 4 is 46.8 Å². The first-order valence-electron chi connectivity index (χ1n) is 15.9. The molecule has 2 aromatic carbocycles. The van der Waals surface area contributed by atoms with Crippen molar-refractivity contribution in [3.63, 3.8) is 0 Å². The quantitative estimate of drug-likeness (QED) is 0.277. The van der Waals surface area contributed by atoms with E-state index in [1.807, 2.05) is 44.2 Å². The second-order valence-electron chi connectivity index (χ2n) is 12.6. The number of halogens is 1. The van der Waals surface area contributed by atoms with Gasteiger partial charge >= 0.3 is 0 Å². The molecule has 3 fully saturated rings. The molecule has 5 rings (SSSR count). The number of amides is 3. The molecule has 2 bridgehead atoms. The molecule has 9 heteroatoms. The normalized spacial score (nSPS) is 28.0. The Labute approximate surface area is 276 Å². The van der Waals surface area contributed by atoms with Crippen molar-refractivity contribution in [2.75, 3.05) is 24.6 Å². The molecule has 0 radical (unpaired) electrons. The number of rotatable bonds is 13. The van der Waals surface area contributed by atoms with Gasteiger partial charge in [-0.25, -0.2) is 0 Å². The van der Waals surface area contributed by atoms with E-state index in [-0.39, 0.29) is 48.0 Å². The van der Waals surface area contributed by atoms with E-state index in [1.165, 1.54) is 0 Å². The van der Waals surface area contributed by atoms with E-state index in [0.29, 0.717) is 23.8 Å². The second kappa shape index (κ2) is 13.7. The maximum absolute atomic E-state index is 15.0. The van der Waals surface area contributed by atoms with Crippen LogP contribution < -0.4 is 4.90 Å². The molecule has 3 heterocycles. The molecule has 0 saturated carbocycles. The number of anilines is 1. The minimum Gasteiger partial charge on any atom is -0.394 e. The highest BCUT2D eigenvalue weighted by atomic mass is 35.5. The van der Waals surface area contributed by atoms with Gasteiger partial charge < -0.3 is 19.8 Å². The van der Waals surface area contributed by atoms with E-state index in [9.17, 15) is 19.5 Å². The molecule has 1 N–H and O–H groups in total. The first-order chi connectivity index (χ1) is 21.6. The molecule has 3 aliphatic rings. The van der Waals surface area contributed by atoms with Gasteiger partial charge in [0.1, 0.15) is 6.04 Å². The lowest BCUT2D eigenvalue weighted by atomic mass is 9.65. The number of aliphatic hydroxyl groups is 1. The minimum absolute atomic E-state index is 0.00139. The van der Waals surface area contributed by atoms with Crippen molar-refractivity contribution in [2.24, 2.45) is 23.7 Å². The average molecular weight is 650 g/mol. The van der Waals surface area contributed by atoms with Crippen LogP contribution in [-0.4, -0.2) is 74.4 Å². The number of carbonyl (C=O) groups excluding carboxylic acids is 3. The molecule has 7 nitrogen and oxygen atoms in total. The number of carbonyl (C=O) groups is 3. The van der Waals surface area contributed by atoms with Crippen molar-refractivity contribution in [1.82, 2.24) is 9.80 Å². The van der Waals surface area contributed by atoms with E-state index in [1.54, 1.807) is 62.9 Å². The third kappa shape index (κ3) is 5.74. The smallest absolute Gasteiger partial charge is 0.251 e. The highest BCUT2D eigenvalue weighted by Gasteiger charge is 2.77. The summed E-state index contributed by atoms with van der Waals surface area (Å²) in [6.45, 7) is 14.7. The zero-order valence-electron chi connectivity index (χ0n) is 26.3. The molecule has 1 spiro atoms. The van der Waals surface area contributed by atoms with Crippen molar-refractivity contribution < 1.29 is 19.5 Å². The maximum Gasteiger partial charge on any atom is 0.251 e. The van der Waals surface area contributed by atoms with Gasteiger partial charge in [-0.15, -0.1) is 24.9 Å². The summed E-state index contributed by atoms with van der Waals surface area (Å²) in [5, 5.41) is 11.2. The van der Waals surface area contributed by atoms with Gasteiger partial charge in [-0.3, -0.25) is 14.4 Å². The monoisotopic (exact) mass is 649 g/mol. The van der Waals surface area contributed by atoms with Gasteiger partial charge in [0.05, 0.1) is 29.2 Å². The van der Waals surface area contributed by atoms with Crippen LogP contribution in [0.5, 0.6) is 0 Å². The summed E-state index contributed by atoms with van der Waals surface area (Å²) in [4.78, 5) is 49.5. The Morgan fingerprint density at radius 2 is 1.78 bits per heavy atom. The Kier molecular flexibility index (Phi) is 10.2. The summed E-state index contributed by atoms with van der Waals surface area (Å²) >= 11 is 7.84. The Balaban J connectivity index is 1.61. The van der Waals surface area contributed by atoms with Crippen LogP contribution >= 0.6 is 23.4 Å². The van der Waals surface area contributed by atoms with Gasteiger partial charge in [0.2, 0.25) is 11.8 Å². The number of aliphatic hydroxyl groups excluding tert-OH is 1. The standard InChI is InChI=1S/C36H44ClN3O4S/c1-6-18-38(21-25-12-10-9-11-13-25)33(42)30-29-20-24(5)36(45-29)31(30)34(43)40(28(22-41)23(4)8-3)32(36)35(44)39(19-7-2)27-16-14-26(37)15-17-27/h6-7,9-17,23-24,28-32,41H,1-2,8,18-22H2,3-5H3/t23-,24?,28-,29-,30+,31-,32?,36?/m0/s1. The summed E-state index contributed by atoms with van der Waals surface area (Å²) in [5.74, 6) is -1.85. The Morgan fingerprint density at radius 1 is 1.11 bits per heavy atom. The fourth-order valence-electron chi connectivity index (χ4n) is 7.82. The van der Waals surface area contributed by atoms with Crippen molar-refractivity contribution in [2.45, 2.75) is 62.2 Å². The number of hydrogen-bond donors (Lipinski definition) is 1. The van der Waals surface area contributed by atoms with Crippen LogP contribution in [0.4, 0.5) is 5.69 Å². The van der Waals surface area contributed by atoms with E-state index in [4.69, 9.17) is 11.6 Å². The Bertz CT molecular complexity index is 1420. The number of fused-ring (bicyclic) bond motifs is 1. The molecule has 45 heavy (non-hydrogen) atoms. The summed E-state index contributed by atoms with van der Waals surface area (Å²) in [6, 6.07) is 15.5. The number of likely N-dealkylation sites (tertiary alicyclic amines) is 1. The first-order valence-corrected chi connectivity index (χ1v) is 17.1. The molecular weight excluding hydrogens is 606 g/mol. The number of benzene rings is 2. The largest absolute Gasteiger partial charge is 0.394 e. The van der Waals surface area contributed by atoms with E-state index in [2.05, 4.69) is 20.1 Å². The van der Waals surface area contributed by atoms with Gasteiger partial charge in [0.15, 0.2) is 0 Å². The number of hydrogen-bond acceptors (Lipinski definition) is 5. The van der Waals surface area contributed by atoms with Crippen LogP contribution in [0.25, 0.3) is 0 Å². The Morgan fingerprint density at radius 3 is 2.38 bits per heavy atom. The zero-order valence-corrected chi connectivity index (χ0v) is 27.9. The maximum atomic E-state index is 15.0. The average Bonchev–Trinajstić information content (AvgIpc) is 3.64. The number of nitrogens with zero attached hydrogens (tertiary/aromatic N) is 3. The fourth-order valence-corrected chi connectivity index (χ4v) is 10.3. The van der Waals surface area contributed by atoms with Crippen LogP contribution in [0.3, 0.4) is 0 Å². The summed E-state index contributed by atoms with van der Waals surface area (Å²) in [7, 11) is 0. The molecule has 240 valence electrons. The van der Waals surface area contributed by atoms with Crippen LogP contribution in [0, 0.1) is 23.7 Å². The van der Waals surface area contributed by atoms with Gasteiger partial charge in [0.25, 0.3) is 5.91 Å². The highest BCUT2D eigenvalue weighted by Crippen LogP contribution is 2.69. The highest BCUT2D eigenvalue weighted by molar-refractivity contribution is 8.02. The topological polar surface area (TPSA) is 81.2 Å². The summed E-state index contributed by atoms with van der Waals surface area (Å²) in [5.41, 5.74) is 1.65. The molecule has 3 unspecified atom stereocenters. The first kappa shape index (κ1) is 33.3. The second-order valence-corrected chi connectivity index (χ2v) is 14.6. The van der Waals surface area contributed by atoms with Gasteiger partial charge in [0, 0.05) is 35.6 Å². The van der Waals surface area contributed by atoms with Gasteiger partial charge in [-0.2, -0.15) is 0 Å².